The predicted octanol–water partition coefficient (Wildman–Crippen LogP) is 4.57. The molecule has 0 fully saturated rings. The van der Waals surface area contributed by atoms with E-state index >= 15 is 0 Å². The molecule has 0 amide bonds. The molecule has 1 unspecified atom stereocenters. The van der Waals surface area contributed by atoms with Crippen LogP contribution in [0.5, 0.6) is 0 Å². The van der Waals surface area contributed by atoms with Crippen molar-refractivity contribution in [2.75, 3.05) is 0 Å². The van der Waals surface area contributed by atoms with Gasteiger partial charge in [0.2, 0.25) is 0 Å². The van der Waals surface area contributed by atoms with Crippen molar-refractivity contribution in [3.63, 3.8) is 0 Å². The monoisotopic (exact) mass is 256 g/mol. The Bertz CT molecular complexity index is 675. The van der Waals surface area contributed by atoms with Gasteiger partial charge in [-0.15, -0.1) is 0 Å². The molecule has 1 aromatic heterocycles. The van der Waals surface area contributed by atoms with Crippen molar-refractivity contribution < 1.29 is 0 Å². The number of fused-ring (bicyclic) bond motifs is 1. The molecule has 0 aliphatic rings. The van der Waals surface area contributed by atoms with E-state index in [1.807, 2.05) is 6.92 Å². The van der Waals surface area contributed by atoms with Gasteiger partial charge in [-0.1, -0.05) is 12.0 Å². The highest BCUT2D eigenvalue weighted by Crippen LogP contribution is 2.30. The summed E-state index contributed by atoms with van der Waals surface area (Å²) in [5, 5.41) is 5.06. The number of aromatic nitrogens is 1. The van der Waals surface area contributed by atoms with Crippen molar-refractivity contribution in [1.29, 1.82) is 0 Å². The highest BCUT2D eigenvalue weighted by Gasteiger charge is 2.13. The Hall–Kier alpha value is -1.93. The summed E-state index contributed by atoms with van der Waals surface area (Å²) < 4.78 is 2.20. The largest absolute Gasteiger partial charge is 0.347 e. The van der Waals surface area contributed by atoms with E-state index in [2.05, 4.69) is 54.6 Å². The highest BCUT2D eigenvalue weighted by molar-refractivity contribution is 5.88. The van der Waals surface area contributed by atoms with Crippen molar-refractivity contribution in [3.8, 4) is 0 Å². The van der Waals surface area contributed by atoms with E-state index in [0.29, 0.717) is 0 Å². The molecule has 100 valence electrons. The molecule has 2 aromatic rings. The third kappa shape index (κ3) is 2.20. The number of rotatable bonds is 3. The summed E-state index contributed by atoms with van der Waals surface area (Å²) in [4.78, 5) is 2.88. The van der Waals surface area contributed by atoms with Crippen LogP contribution in [0.15, 0.2) is 17.4 Å². The Labute approximate surface area is 113 Å². The minimum absolute atomic E-state index is 0.0399. The number of hydrogen-bond acceptors (Lipinski definition) is 1. The third-order valence-electron chi connectivity index (χ3n) is 4.12. The number of azide groups is 1. The summed E-state index contributed by atoms with van der Waals surface area (Å²) in [6.07, 6.45) is 2.09. The van der Waals surface area contributed by atoms with E-state index in [0.717, 1.165) is 6.54 Å². The Balaban J connectivity index is 2.63. The SMILES string of the molecule is Cc1c(C)c(C)c2c(ccn2CC(C)N=[N+]=[N-])c1C. The molecule has 0 aliphatic carbocycles. The molecule has 0 spiro atoms. The van der Waals surface area contributed by atoms with Crippen LogP contribution in [0.1, 0.15) is 29.2 Å². The lowest BCUT2D eigenvalue weighted by atomic mass is 9.96. The Kier molecular flexibility index (Phi) is 3.54. The first kappa shape index (κ1) is 13.5. The third-order valence-corrected chi connectivity index (χ3v) is 4.12. The fourth-order valence-electron chi connectivity index (χ4n) is 2.70. The van der Waals surface area contributed by atoms with Gasteiger partial charge in [-0.2, -0.15) is 0 Å². The molecule has 0 saturated heterocycles. The first-order valence-corrected chi connectivity index (χ1v) is 6.56. The van der Waals surface area contributed by atoms with E-state index < -0.39 is 0 Å². The van der Waals surface area contributed by atoms with Gasteiger partial charge in [-0.25, -0.2) is 0 Å². The van der Waals surface area contributed by atoms with Crippen LogP contribution in [-0.2, 0) is 6.54 Å². The lowest BCUT2D eigenvalue weighted by molar-refractivity contribution is 0.601. The predicted molar refractivity (Wildman–Crippen MR) is 79.5 cm³/mol. The molecule has 19 heavy (non-hydrogen) atoms. The van der Waals surface area contributed by atoms with Gasteiger partial charge in [0.25, 0.3) is 0 Å². The van der Waals surface area contributed by atoms with Crippen molar-refractivity contribution >= 4 is 10.9 Å². The quantitative estimate of drug-likeness (QED) is 0.438. The van der Waals surface area contributed by atoms with Crippen LogP contribution < -0.4 is 0 Å². The molecule has 0 bridgehead atoms. The summed E-state index contributed by atoms with van der Waals surface area (Å²) >= 11 is 0. The topological polar surface area (TPSA) is 53.7 Å². The maximum absolute atomic E-state index is 8.51. The second kappa shape index (κ2) is 4.98. The molecule has 1 aromatic carbocycles. The number of aryl methyl sites for hydroxylation is 2. The van der Waals surface area contributed by atoms with Gasteiger partial charge in [0.1, 0.15) is 0 Å². The van der Waals surface area contributed by atoms with Gasteiger partial charge in [0.05, 0.1) is 11.6 Å². The first-order valence-electron chi connectivity index (χ1n) is 6.56. The molecule has 0 aliphatic heterocycles. The first-order chi connectivity index (χ1) is 8.97. The van der Waals surface area contributed by atoms with Crippen molar-refractivity contribution in [3.05, 3.63) is 45.0 Å². The Morgan fingerprint density at radius 3 is 2.42 bits per heavy atom. The molecule has 4 heteroatoms. The molecular formula is C15H20N4. The van der Waals surface area contributed by atoms with Crippen LogP contribution in [0.3, 0.4) is 0 Å². The van der Waals surface area contributed by atoms with Crippen LogP contribution in [0.2, 0.25) is 0 Å². The van der Waals surface area contributed by atoms with Crippen LogP contribution in [-0.4, -0.2) is 10.6 Å². The maximum atomic E-state index is 8.51. The maximum Gasteiger partial charge on any atom is 0.0525 e. The summed E-state index contributed by atoms with van der Waals surface area (Å²) in [6, 6.07) is 2.12. The Morgan fingerprint density at radius 2 is 1.79 bits per heavy atom. The standard InChI is InChI=1S/C15H20N4/c1-9(17-18-16)8-19-7-6-14-12(4)10(2)11(3)13(5)15(14)19/h6-7,9H,8H2,1-5H3. The second-order valence-electron chi connectivity index (χ2n) is 5.28. The summed E-state index contributed by atoms with van der Waals surface area (Å²) in [6.45, 7) is 11.3. The zero-order valence-electron chi connectivity index (χ0n) is 12.2. The number of nitrogens with zero attached hydrogens (tertiary/aromatic N) is 4. The van der Waals surface area contributed by atoms with E-state index in [1.165, 1.54) is 33.2 Å². The number of hydrogen-bond donors (Lipinski definition) is 0. The zero-order chi connectivity index (χ0) is 14.2. The normalized spacial score (nSPS) is 12.5. The van der Waals surface area contributed by atoms with Gasteiger partial charge < -0.3 is 4.57 Å². The van der Waals surface area contributed by atoms with E-state index in [4.69, 9.17) is 5.53 Å². The van der Waals surface area contributed by atoms with Crippen LogP contribution in [0.4, 0.5) is 0 Å². The minimum atomic E-state index is -0.0399. The van der Waals surface area contributed by atoms with E-state index in [-0.39, 0.29) is 6.04 Å². The van der Waals surface area contributed by atoms with Gasteiger partial charge in [-0.3, -0.25) is 0 Å². The molecule has 0 saturated carbocycles. The molecule has 1 atom stereocenters. The zero-order valence-corrected chi connectivity index (χ0v) is 12.2. The van der Waals surface area contributed by atoms with E-state index in [1.54, 1.807) is 0 Å². The fraction of sp³-hybridized carbons (Fsp3) is 0.467. The molecule has 0 radical (unpaired) electrons. The molecular weight excluding hydrogens is 236 g/mol. The van der Waals surface area contributed by atoms with Crippen LogP contribution in [0, 0.1) is 27.7 Å². The van der Waals surface area contributed by atoms with Crippen LogP contribution >= 0.6 is 0 Å². The van der Waals surface area contributed by atoms with E-state index in [9.17, 15) is 0 Å². The second-order valence-corrected chi connectivity index (χ2v) is 5.28. The highest BCUT2D eigenvalue weighted by atomic mass is 15.2. The summed E-state index contributed by atoms with van der Waals surface area (Å²) in [5.41, 5.74) is 15.1. The van der Waals surface area contributed by atoms with Crippen molar-refractivity contribution in [1.82, 2.24) is 4.57 Å². The lowest BCUT2D eigenvalue weighted by Gasteiger charge is -2.15. The number of benzene rings is 1. The van der Waals surface area contributed by atoms with Crippen LogP contribution in [0.25, 0.3) is 21.3 Å². The smallest absolute Gasteiger partial charge is 0.0525 e. The average molecular weight is 256 g/mol. The molecule has 1 heterocycles. The van der Waals surface area contributed by atoms with Crippen molar-refractivity contribution in [2.24, 2.45) is 5.11 Å². The Morgan fingerprint density at radius 1 is 1.16 bits per heavy atom. The van der Waals surface area contributed by atoms with Gasteiger partial charge in [0.15, 0.2) is 0 Å². The summed E-state index contributed by atoms with van der Waals surface area (Å²) in [5.74, 6) is 0. The summed E-state index contributed by atoms with van der Waals surface area (Å²) in [7, 11) is 0. The lowest BCUT2D eigenvalue weighted by Crippen LogP contribution is -2.09. The fourth-order valence-corrected chi connectivity index (χ4v) is 2.70. The van der Waals surface area contributed by atoms with Crippen molar-refractivity contribution in [2.45, 2.75) is 47.2 Å². The average Bonchev–Trinajstić information content (AvgIpc) is 2.78. The molecule has 0 N–H and O–H groups in total. The van der Waals surface area contributed by atoms with Gasteiger partial charge in [-0.05, 0) is 61.5 Å². The van der Waals surface area contributed by atoms with Gasteiger partial charge >= 0.3 is 0 Å². The minimum Gasteiger partial charge on any atom is -0.347 e. The molecule has 2 rings (SSSR count). The molecule has 4 nitrogen and oxygen atoms in total. The van der Waals surface area contributed by atoms with Gasteiger partial charge in [0, 0.05) is 23.0 Å².